The van der Waals surface area contributed by atoms with Crippen LogP contribution in [0.3, 0.4) is 0 Å². The summed E-state index contributed by atoms with van der Waals surface area (Å²) in [4.78, 5) is 15.9. The van der Waals surface area contributed by atoms with E-state index in [2.05, 4.69) is 76.7 Å². The van der Waals surface area contributed by atoms with Crippen molar-refractivity contribution in [2.45, 2.75) is 38.3 Å². The molecule has 4 heteroatoms. The first-order valence-electron chi connectivity index (χ1n) is 11.8. The summed E-state index contributed by atoms with van der Waals surface area (Å²) in [5.41, 5.74) is 8.09. The topological polar surface area (TPSA) is 37.3 Å². The van der Waals surface area contributed by atoms with E-state index in [1.807, 2.05) is 29.2 Å². The number of para-hydroxylation sites is 1. The third kappa shape index (κ3) is 3.52. The molecule has 2 heterocycles. The molecule has 0 saturated heterocycles. The van der Waals surface area contributed by atoms with Crippen LogP contribution in [0, 0.1) is 0 Å². The average molecular weight is 434 g/mol. The number of hydrogen-bond donors (Lipinski definition) is 1. The Bertz CT molecular complexity index is 1310. The number of benzene rings is 3. The second-order valence-electron chi connectivity index (χ2n) is 8.95. The minimum Gasteiger partial charge on any atom is -0.318 e. The molecule has 1 aliphatic carbocycles. The van der Waals surface area contributed by atoms with Crippen molar-refractivity contribution in [2.24, 2.45) is 0 Å². The zero-order valence-corrected chi connectivity index (χ0v) is 18.6. The molecule has 4 nitrogen and oxygen atoms in total. The highest BCUT2D eigenvalue weighted by Crippen LogP contribution is 2.37. The van der Waals surface area contributed by atoms with E-state index < -0.39 is 0 Å². The molecule has 1 N–H and O–H groups in total. The Morgan fingerprint density at radius 2 is 1.58 bits per heavy atom. The van der Waals surface area contributed by atoms with Gasteiger partial charge >= 0.3 is 6.03 Å². The zero-order chi connectivity index (χ0) is 22.2. The molecular formula is C29H27N3O. The molecule has 1 aromatic heterocycles. The van der Waals surface area contributed by atoms with Crippen molar-refractivity contribution in [3.05, 3.63) is 119 Å². The zero-order valence-electron chi connectivity index (χ0n) is 18.6. The minimum atomic E-state index is -0.187. The Hall–Kier alpha value is -3.79. The number of rotatable bonds is 2. The fourth-order valence-corrected chi connectivity index (χ4v) is 5.41. The van der Waals surface area contributed by atoms with E-state index in [1.165, 1.54) is 24.0 Å². The largest absolute Gasteiger partial charge is 0.322 e. The van der Waals surface area contributed by atoms with Crippen LogP contribution in [-0.2, 0) is 19.4 Å². The number of nitrogens with zero attached hydrogens (tertiary/aromatic N) is 2. The van der Waals surface area contributed by atoms with Crippen LogP contribution >= 0.6 is 0 Å². The summed E-state index contributed by atoms with van der Waals surface area (Å²) >= 11 is 0. The number of aryl methyl sites for hydroxylation is 1. The monoisotopic (exact) mass is 433 g/mol. The van der Waals surface area contributed by atoms with Gasteiger partial charge < -0.3 is 14.8 Å². The van der Waals surface area contributed by atoms with Gasteiger partial charge in [-0.05, 0) is 72.2 Å². The van der Waals surface area contributed by atoms with Crippen LogP contribution < -0.4 is 5.32 Å². The van der Waals surface area contributed by atoms with Crippen LogP contribution in [0.4, 0.5) is 10.5 Å². The first-order chi connectivity index (χ1) is 16.3. The van der Waals surface area contributed by atoms with E-state index in [4.69, 9.17) is 0 Å². The lowest BCUT2D eigenvalue weighted by atomic mass is 9.90. The summed E-state index contributed by atoms with van der Waals surface area (Å²) in [6, 6.07) is 29.0. The maximum absolute atomic E-state index is 13.9. The van der Waals surface area contributed by atoms with Gasteiger partial charge in [0.2, 0.25) is 0 Å². The van der Waals surface area contributed by atoms with Crippen molar-refractivity contribution in [3.8, 4) is 5.69 Å². The van der Waals surface area contributed by atoms with E-state index >= 15 is 0 Å². The van der Waals surface area contributed by atoms with Gasteiger partial charge in [0.05, 0.1) is 18.3 Å². The lowest BCUT2D eigenvalue weighted by Gasteiger charge is -2.31. The van der Waals surface area contributed by atoms with Crippen molar-refractivity contribution >= 4 is 11.7 Å². The highest BCUT2D eigenvalue weighted by Gasteiger charge is 2.33. The molecule has 1 atom stereocenters. The maximum atomic E-state index is 13.9. The lowest BCUT2D eigenvalue weighted by molar-refractivity contribution is 0.194. The summed E-state index contributed by atoms with van der Waals surface area (Å²) in [6.07, 6.45) is 6.62. The molecule has 1 aliphatic heterocycles. The molecule has 164 valence electrons. The van der Waals surface area contributed by atoms with E-state index in [9.17, 15) is 4.79 Å². The number of amides is 2. The van der Waals surface area contributed by atoms with Crippen molar-refractivity contribution in [1.82, 2.24) is 9.47 Å². The molecule has 2 amide bonds. The summed E-state index contributed by atoms with van der Waals surface area (Å²) in [5, 5.41) is 3.30. The van der Waals surface area contributed by atoms with Crippen LogP contribution in [-0.4, -0.2) is 15.5 Å². The number of anilines is 1. The van der Waals surface area contributed by atoms with Crippen LogP contribution in [0.2, 0.25) is 0 Å². The van der Waals surface area contributed by atoms with Gasteiger partial charge in [0.15, 0.2) is 0 Å². The standard InChI is InChI=1S/C29H27N3O/c33-29(30-25-16-8-14-21-10-4-6-15-24(21)25)32-20-23-13-5-7-17-26(23)31-19-9-18-27(31)28(32)22-11-2-1-3-12-22/h1-3,5,7-9,11-14,16-19,28H,4,6,10,15,20H2,(H,30,33). The lowest BCUT2D eigenvalue weighted by Crippen LogP contribution is -2.38. The number of carbonyl (C=O) groups excluding carboxylic acids is 1. The van der Waals surface area contributed by atoms with Gasteiger partial charge in [-0.2, -0.15) is 0 Å². The fourth-order valence-electron chi connectivity index (χ4n) is 5.41. The molecule has 0 bridgehead atoms. The van der Waals surface area contributed by atoms with E-state index in [0.29, 0.717) is 6.54 Å². The van der Waals surface area contributed by atoms with Gasteiger partial charge in [-0.1, -0.05) is 60.7 Å². The minimum absolute atomic E-state index is 0.0627. The molecule has 3 aromatic carbocycles. The Balaban J connectivity index is 1.45. The molecule has 0 fully saturated rings. The Morgan fingerprint density at radius 3 is 2.48 bits per heavy atom. The molecule has 4 aromatic rings. The van der Waals surface area contributed by atoms with Gasteiger partial charge in [0.25, 0.3) is 0 Å². The van der Waals surface area contributed by atoms with Crippen molar-refractivity contribution in [3.63, 3.8) is 0 Å². The van der Waals surface area contributed by atoms with E-state index in [0.717, 1.165) is 41.0 Å². The number of hydrogen-bond acceptors (Lipinski definition) is 1. The molecule has 0 radical (unpaired) electrons. The second kappa shape index (κ2) is 8.28. The molecule has 33 heavy (non-hydrogen) atoms. The normalized spacial score (nSPS) is 16.8. The Morgan fingerprint density at radius 1 is 0.788 bits per heavy atom. The average Bonchev–Trinajstić information content (AvgIpc) is 3.29. The van der Waals surface area contributed by atoms with E-state index in [-0.39, 0.29) is 12.1 Å². The summed E-state index contributed by atoms with van der Waals surface area (Å²) < 4.78 is 2.23. The Kier molecular flexibility index (Phi) is 4.99. The van der Waals surface area contributed by atoms with Gasteiger partial charge in [-0.25, -0.2) is 4.79 Å². The summed E-state index contributed by atoms with van der Waals surface area (Å²) in [7, 11) is 0. The van der Waals surface area contributed by atoms with Crippen LogP contribution in [0.1, 0.15) is 46.8 Å². The first kappa shape index (κ1) is 19.9. The van der Waals surface area contributed by atoms with Crippen LogP contribution in [0.25, 0.3) is 5.69 Å². The third-order valence-corrected chi connectivity index (χ3v) is 6.98. The third-order valence-electron chi connectivity index (χ3n) is 6.98. The fraction of sp³-hybridized carbons (Fsp3) is 0.207. The smallest absolute Gasteiger partial charge is 0.318 e. The SMILES string of the molecule is O=C(Nc1cccc2c1CCCC2)N1Cc2ccccc2-n2cccc2C1c1ccccc1. The maximum Gasteiger partial charge on any atom is 0.322 e. The summed E-state index contributed by atoms with van der Waals surface area (Å²) in [6.45, 7) is 0.540. The number of aromatic nitrogens is 1. The predicted molar refractivity (Wildman–Crippen MR) is 132 cm³/mol. The number of urea groups is 1. The van der Waals surface area contributed by atoms with Gasteiger partial charge in [0, 0.05) is 17.6 Å². The number of carbonyl (C=O) groups is 1. The number of fused-ring (bicyclic) bond motifs is 4. The molecule has 0 spiro atoms. The molecule has 2 aliphatic rings. The first-order valence-corrected chi connectivity index (χ1v) is 11.8. The molecule has 1 unspecified atom stereocenters. The second-order valence-corrected chi connectivity index (χ2v) is 8.95. The van der Waals surface area contributed by atoms with E-state index in [1.54, 1.807) is 0 Å². The molecular weight excluding hydrogens is 406 g/mol. The van der Waals surface area contributed by atoms with Gasteiger partial charge in [0.1, 0.15) is 0 Å². The van der Waals surface area contributed by atoms with Crippen LogP contribution in [0.15, 0.2) is 91.1 Å². The number of nitrogens with one attached hydrogen (secondary N) is 1. The molecule has 0 saturated carbocycles. The van der Waals surface area contributed by atoms with Gasteiger partial charge in [-0.3, -0.25) is 0 Å². The Labute approximate surface area is 194 Å². The van der Waals surface area contributed by atoms with Crippen molar-refractivity contribution in [2.75, 3.05) is 5.32 Å². The van der Waals surface area contributed by atoms with Gasteiger partial charge in [-0.15, -0.1) is 0 Å². The van der Waals surface area contributed by atoms with Crippen molar-refractivity contribution < 1.29 is 4.79 Å². The highest BCUT2D eigenvalue weighted by atomic mass is 16.2. The molecule has 6 rings (SSSR count). The predicted octanol–water partition coefficient (Wildman–Crippen LogP) is 6.49. The van der Waals surface area contributed by atoms with Crippen molar-refractivity contribution in [1.29, 1.82) is 0 Å². The quantitative estimate of drug-likeness (QED) is 0.385. The highest BCUT2D eigenvalue weighted by molar-refractivity contribution is 5.91. The summed E-state index contributed by atoms with van der Waals surface area (Å²) in [5.74, 6) is 0. The van der Waals surface area contributed by atoms with Crippen LogP contribution in [0.5, 0.6) is 0 Å².